The van der Waals surface area contributed by atoms with Crippen molar-refractivity contribution in [3.8, 4) is 0 Å². The maximum absolute atomic E-state index is 5.14. The van der Waals surface area contributed by atoms with Crippen LogP contribution in [0, 0.1) is 0 Å². The molecule has 0 radical (unpaired) electrons. The normalized spacial score (nSPS) is 12.6. The van der Waals surface area contributed by atoms with E-state index in [9.17, 15) is 0 Å². The van der Waals surface area contributed by atoms with Crippen LogP contribution in [0.1, 0.15) is 12.8 Å². The fourth-order valence-corrected chi connectivity index (χ4v) is 0.582. The molecule has 0 saturated carbocycles. The monoisotopic (exact) mass is 180 g/mol. The van der Waals surface area contributed by atoms with Crippen LogP contribution in [0.25, 0.3) is 0 Å². The largest absolute Gasteiger partial charge is 0.473 e. The molecule has 4 N–H and O–H groups in total. The molecule has 0 rings (SSSR count). The van der Waals surface area contributed by atoms with Gasteiger partial charge in [-0.05, 0) is 37.4 Å². The fraction of sp³-hybridized carbons (Fsp3) is 0.200. The van der Waals surface area contributed by atoms with E-state index in [2.05, 4.69) is 0 Å². The quantitative estimate of drug-likeness (QED) is 0.612. The average molecular weight is 180 g/mol. The standard InChI is InChI=1S/C10H16N2O/c11-7-3-1-5-9-13-10-6-2-4-8-12/h3-10H,1-2,11-12H2. The molecule has 0 heterocycles. The van der Waals surface area contributed by atoms with E-state index in [4.69, 9.17) is 16.2 Å². The molecule has 0 aliphatic heterocycles. The van der Waals surface area contributed by atoms with E-state index >= 15 is 0 Å². The van der Waals surface area contributed by atoms with E-state index in [1.165, 1.54) is 12.4 Å². The van der Waals surface area contributed by atoms with Crippen LogP contribution in [-0.4, -0.2) is 0 Å². The van der Waals surface area contributed by atoms with E-state index in [-0.39, 0.29) is 0 Å². The molecule has 3 nitrogen and oxygen atoms in total. The van der Waals surface area contributed by atoms with Gasteiger partial charge >= 0.3 is 0 Å². The molecule has 0 aromatic heterocycles. The number of hydrogen-bond donors (Lipinski definition) is 2. The van der Waals surface area contributed by atoms with Crippen LogP contribution in [-0.2, 0) is 4.74 Å². The van der Waals surface area contributed by atoms with Crippen LogP contribution in [0.15, 0.2) is 49.2 Å². The first kappa shape index (κ1) is 11.4. The molecule has 72 valence electrons. The Hall–Kier alpha value is -1.64. The lowest BCUT2D eigenvalue weighted by atomic mass is 10.4. The van der Waals surface area contributed by atoms with Crippen molar-refractivity contribution in [3.63, 3.8) is 0 Å². The Balaban J connectivity index is 3.32. The van der Waals surface area contributed by atoms with Crippen molar-refractivity contribution >= 4 is 0 Å². The van der Waals surface area contributed by atoms with Gasteiger partial charge in [0.1, 0.15) is 0 Å². The highest BCUT2D eigenvalue weighted by Crippen LogP contribution is 1.89. The minimum atomic E-state index is 0.785. The third kappa shape index (κ3) is 10.4. The number of ether oxygens (including phenoxy) is 1. The molecule has 3 heteroatoms. The molecule has 0 aromatic carbocycles. The summed E-state index contributed by atoms with van der Waals surface area (Å²) < 4.78 is 5.02. The number of hydrogen-bond acceptors (Lipinski definition) is 3. The SMILES string of the molecule is NC=CCC=COC=CCC=CN. The van der Waals surface area contributed by atoms with Crippen molar-refractivity contribution < 1.29 is 4.74 Å². The van der Waals surface area contributed by atoms with Crippen molar-refractivity contribution in [2.45, 2.75) is 12.8 Å². The predicted molar refractivity (Wildman–Crippen MR) is 55.3 cm³/mol. The van der Waals surface area contributed by atoms with Crippen LogP contribution >= 0.6 is 0 Å². The molecule has 0 aliphatic rings. The smallest absolute Gasteiger partial charge is 0.0864 e. The van der Waals surface area contributed by atoms with Crippen LogP contribution in [0.4, 0.5) is 0 Å². The zero-order valence-corrected chi connectivity index (χ0v) is 7.60. The maximum atomic E-state index is 5.14. The van der Waals surface area contributed by atoms with Crippen LogP contribution in [0.5, 0.6) is 0 Å². The maximum Gasteiger partial charge on any atom is 0.0864 e. The summed E-state index contributed by atoms with van der Waals surface area (Å²) in [5.74, 6) is 0. The second kappa shape index (κ2) is 10.4. The van der Waals surface area contributed by atoms with E-state index in [0.29, 0.717) is 0 Å². The third-order valence-corrected chi connectivity index (χ3v) is 1.17. The summed E-state index contributed by atoms with van der Waals surface area (Å²) in [6, 6.07) is 0. The Morgan fingerprint density at radius 1 is 0.769 bits per heavy atom. The first-order valence-electron chi connectivity index (χ1n) is 4.10. The lowest BCUT2D eigenvalue weighted by Crippen LogP contribution is -1.75. The molecule has 0 unspecified atom stereocenters. The van der Waals surface area contributed by atoms with Gasteiger partial charge in [0.25, 0.3) is 0 Å². The predicted octanol–water partition coefficient (Wildman–Crippen LogP) is 1.76. The molecule has 0 amide bonds. The molecule has 0 saturated heterocycles. The molecule has 0 fully saturated rings. The molecule has 0 atom stereocenters. The topological polar surface area (TPSA) is 61.3 Å². The van der Waals surface area contributed by atoms with Crippen LogP contribution in [0.3, 0.4) is 0 Å². The second-order valence-corrected chi connectivity index (χ2v) is 2.21. The first-order chi connectivity index (χ1) is 6.41. The van der Waals surface area contributed by atoms with Gasteiger partial charge in [0.05, 0.1) is 12.5 Å². The summed E-state index contributed by atoms with van der Waals surface area (Å²) in [4.78, 5) is 0. The lowest BCUT2D eigenvalue weighted by molar-refractivity contribution is 0.400. The van der Waals surface area contributed by atoms with Gasteiger partial charge in [-0.25, -0.2) is 0 Å². The van der Waals surface area contributed by atoms with Crippen molar-refractivity contribution in [3.05, 3.63) is 49.2 Å². The molecule has 13 heavy (non-hydrogen) atoms. The van der Waals surface area contributed by atoms with Gasteiger partial charge in [-0.2, -0.15) is 0 Å². The van der Waals surface area contributed by atoms with Gasteiger partial charge in [0, 0.05) is 0 Å². The molecule has 0 aromatic rings. The van der Waals surface area contributed by atoms with Gasteiger partial charge in [0.15, 0.2) is 0 Å². The molecular weight excluding hydrogens is 164 g/mol. The molecule has 0 bridgehead atoms. The highest BCUT2D eigenvalue weighted by atomic mass is 16.5. The highest BCUT2D eigenvalue weighted by molar-refractivity contribution is 4.90. The van der Waals surface area contributed by atoms with Gasteiger partial charge in [-0.15, -0.1) is 0 Å². The molecule has 0 spiro atoms. The third-order valence-electron chi connectivity index (χ3n) is 1.17. The van der Waals surface area contributed by atoms with E-state index in [1.54, 1.807) is 12.5 Å². The average Bonchev–Trinajstić information content (AvgIpc) is 2.16. The Morgan fingerprint density at radius 2 is 1.23 bits per heavy atom. The number of nitrogens with two attached hydrogens (primary N) is 2. The zero-order chi connectivity index (χ0) is 9.78. The first-order valence-corrected chi connectivity index (χ1v) is 4.10. The summed E-state index contributed by atoms with van der Waals surface area (Å²) in [6.07, 6.45) is 15.2. The summed E-state index contributed by atoms with van der Waals surface area (Å²) in [6.45, 7) is 0. The van der Waals surface area contributed by atoms with Gasteiger partial charge in [0.2, 0.25) is 0 Å². The fourth-order valence-electron chi connectivity index (χ4n) is 0.582. The summed E-state index contributed by atoms with van der Waals surface area (Å²) in [7, 11) is 0. The lowest BCUT2D eigenvalue weighted by Gasteiger charge is -1.87. The van der Waals surface area contributed by atoms with Crippen LogP contribution in [0.2, 0.25) is 0 Å². The Labute approximate surface area is 79.1 Å². The summed E-state index contributed by atoms with van der Waals surface area (Å²) in [5, 5.41) is 0. The zero-order valence-electron chi connectivity index (χ0n) is 7.60. The Bertz CT molecular complexity index is 183. The van der Waals surface area contributed by atoms with E-state index < -0.39 is 0 Å². The van der Waals surface area contributed by atoms with Crippen molar-refractivity contribution in [2.24, 2.45) is 11.5 Å². The number of allylic oxidation sites excluding steroid dienone is 4. The van der Waals surface area contributed by atoms with Crippen molar-refractivity contribution in [1.29, 1.82) is 0 Å². The summed E-state index contributed by atoms with van der Waals surface area (Å²) >= 11 is 0. The van der Waals surface area contributed by atoms with E-state index in [0.717, 1.165) is 12.8 Å². The summed E-state index contributed by atoms with van der Waals surface area (Å²) in [5.41, 5.74) is 10.3. The van der Waals surface area contributed by atoms with Crippen molar-refractivity contribution in [2.75, 3.05) is 0 Å². The van der Waals surface area contributed by atoms with Gasteiger partial charge in [-0.1, -0.05) is 12.2 Å². The van der Waals surface area contributed by atoms with Crippen LogP contribution < -0.4 is 11.5 Å². The van der Waals surface area contributed by atoms with E-state index in [1.807, 2.05) is 24.3 Å². The Morgan fingerprint density at radius 3 is 1.62 bits per heavy atom. The Kier molecular flexibility index (Phi) is 9.05. The minimum Gasteiger partial charge on any atom is -0.473 e. The van der Waals surface area contributed by atoms with Crippen molar-refractivity contribution in [1.82, 2.24) is 0 Å². The number of rotatable bonds is 6. The minimum absolute atomic E-state index is 0.785. The molecule has 0 aliphatic carbocycles. The highest BCUT2D eigenvalue weighted by Gasteiger charge is 1.71. The van der Waals surface area contributed by atoms with Gasteiger partial charge < -0.3 is 16.2 Å². The van der Waals surface area contributed by atoms with Gasteiger partial charge in [-0.3, -0.25) is 0 Å². The molecular formula is C10H16N2O. The second-order valence-electron chi connectivity index (χ2n) is 2.21.